The van der Waals surface area contributed by atoms with E-state index in [0.29, 0.717) is 24.3 Å². The number of ether oxygens (including phenoxy) is 1. The molecule has 0 aliphatic carbocycles. The molecule has 0 amide bonds. The van der Waals surface area contributed by atoms with E-state index < -0.39 is 5.97 Å². The van der Waals surface area contributed by atoms with E-state index in [1.807, 2.05) is 12.4 Å². The fraction of sp³-hybridized carbons (Fsp3) is 0.440. The number of carboxylic acids is 1. The molecule has 1 atom stereocenters. The van der Waals surface area contributed by atoms with Crippen LogP contribution in [0.2, 0.25) is 0 Å². The number of carbonyl (C=O) groups is 1. The molecule has 0 saturated carbocycles. The van der Waals surface area contributed by atoms with Gasteiger partial charge in [0.05, 0.1) is 11.7 Å². The number of benzene rings is 1. The van der Waals surface area contributed by atoms with E-state index in [9.17, 15) is 9.90 Å². The summed E-state index contributed by atoms with van der Waals surface area (Å²) in [5.41, 5.74) is 2.90. The molecule has 3 aromatic rings. The maximum Gasteiger partial charge on any atom is 0.339 e. The first-order valence-electron chi connectivity index (χ1n) is 11.2. The zero-order valence-corrected chi connectivity index (χ0v) is 18.3. The van der Waals surface area contributed by atoms with Crippen LogP contribution in [0.4, 0.5) is 0 Å². The van der Waals surface area contributed by atoms with Gasteiger partial charge >= 0.3 is 5.97 Å². The van der Waals surface area contributed by atoms with Crippen LogP contribution in [0.25, 0.3) is 10.9 Å². The third kappa shape index (κ3) is 4.59. The summed E-state index contributed by atoms with van der Waals surface area (Å²) < 4.78 is 8.17. The third-order valence-electron chi connectivity index (χ3n) is 6.54. The van der Waals surface area contributed by atoms with Gasteiger partial charge in [-0.15, -0.1) is 0 Å². The van der Waals surface area contributed by atoms with Crippen LogP contribution in [0.15, 0.2) is 48.9 Å². The van der Waals surface area contributed by atoms with Crippen molar-refractivity contribution in [2.75, 3.05) is 26.2 Å². The molecule has 2 aromatic heterocycles. The molecule has 31 heavy (non-hydrogen) atoms. The summed E-state index contributed by atoms with van der Waals surface area (Å²) in [5, 5.41) is 10.6. The number of para-hydroxylation sites is 1. The van der Waals surface area contributed by atoms with Gasteiger partial charge in [0.2, 0.25) is 0 Å². The van der Waals surface area contributed by atoms with E-state index in [1.54, 1.807) is 24.3 Å². The minimum absolute atomic E-state index is 0.216. The number of piperidine rings is 1. The number of rotatable bonds is 8. The Morgan fingerprint density at radius 1 is 1.26 bits per heavy atom. The highest BCUT2D eigenvalue weighted by Gasteiger charge is 2.24. The van der Waals surface area contributed by atoms with Gasteiger partial charge in [0.1, 0.15) is 17.9 Å². The summed E-state index contributed by atoms with van der Waals surface area (Å²) in [7, 11) is 0. The summed E-state index contributed by atoms with van der Waals surface area (Å²) >= 11 is 0. The number of carboxylic acid groups (broad SMARTS) is 1. The molecule has 6 heteroatoms. The fourth-order valence-electron chi connectivity index (χ4n) is 4.53. The average molecular weight is 422 g/mol. The van der Waals surface area contributed by atoms with Crippen molar-refractivity contribution < 1.29 is 14.6 Å². The Morgan fingerprint density at radius 3 is 2.77 bits per heavy atom. The summed E-state index contributed by atoms with van der Waals surface area (Å²) in [6.45, 7) is 7.84. The lowest BCUT2D eigenvalue weighted by Gasteiger charge is -2.31. The predicted octanol–water partition coefficient (Wildman–Crippen LogP) is 4.96. The Kier molecular flexibility index (Phi) is 6.56. The quantitative estimate of drug-likeness (QED) is 0.557. The molecule has 4 rings (SSSR count). The monoisotopic (exact) mass is 421 g/mol. The molecule has 0 spiro atoms. The van der Waals surface area contributed by atoms with E-state index in [1.165, 1.54) is 16.5 Å². The van der Waals surface area contributed by atoms with Gasteiger partial charge in [0.15, 0.2) is 0 Å². The van der Waals surface area contributed by atoms with E-state index in [4.69, 9.17) is 4.74 Å². The molecule has 1 aliphatic rings. The second-order valence-corrected chi connectivity index (χ2v) is 8.41. The summed E-state index contributed by atoms with van der Waals surface area (Å²) in [6, 6.07) is 9.44. The maximum absolute atomic E-state index is 11.3. The van der Waals surface area contributed by atoms with Gasteiger partial charge in [-0.2, -0.15) is 0 Å². The molecule has 6 nitrogen and oxygen atoms in total. The van der Waals surface area contributed by atoms with Crippen LogP contribution in [0.5, 0.6) is 5.75 Å². The number of aromatic nitrogens is 2. The molecule has 0 radical (unpaired) electrons. The Bertz CT molecular complexity index is 1040. The minimum Gasteiger partial charge on any atom is -0.491 e. The second-order valence-electron chi connectivity index (χ2n) is 8.41. The van der Waals surface area contributed by atoms with Crippen molar-refractivity contribution in [1.82, 2.24) is 14.5 Å². The molecule has 0 bridgehead atoms. The van der Waals surface area contributed by atoms with E-state index in [0.717, 1.165) is 38.9 Å². The molecule has 3 heterocycles. The largest absolute Gasteiger partial charge is 0.491 e. The van der Waals surface area contributed by atoms with Crippen molar-refractivity contribution in [3.8, 4) is 5.75 Å². The summed E-state index contributed by atoms with van der Waals surface area (Å²) in [5.74, 6) is 0.0413. The zero-order chi connectivity index (χ0) is 21.8. The van der Waals surface area contributed by atoms with Crippen LogP contribution in [0.3, 0.4) is 0 Å². The van der Waals surface area contributed by atoms with Crippen LogP contribution in [-0.2, 0) is 0 Å². The summed E-state index contributed by atoms with van der Waals surface area (Å²) in [6.07, 6.45) is 9.58. The standard InChI is InChI=1S/C25H31N3O3/c1-3-18(2)28-17-22(20-8-11-26-16-23(20)28)19-9-12-27(13-10-19)14-15-31-24-7-5-4-6-21(24)25(29)30/h4-8,11,16-19H,3,9-10,12-15H2,1-2H3,(H,29,30). The van der Waals surface area contributed by atoms with Gasteiger partial charge in [-0.05, 0) is 69.0 Å². The number of pyridine rings is 1. The van der Waals surface area contributed by atoms with Gasteiger partial charge in [-0.25, -0.2) is 4.79 Å². The van der Waals surface area contributed by atoms with Gasteiger partial charge in [0, 0.05) is 30.4 Å². The smallest absolute Gasteiger partial charge is 0.339 e. The molecular weight excluding hydrogens is 390 g/mol. The third-order valence-corrected chi connectivity index (χ3v) is 6.54. The number of fused-ring (bicyclic) bond motifs is 1. The van der Waals surface area contributed by atoms with Gasteiger partial charge in [0.25, 0.3) is 0 Å². The number of hydrogen-bond acceptors (Lipinski definition) is 4. The second kappa shape index (κ2) is 9.52. The van der Waals surface area contributed by atoms with Crippen molar-refractivity contribution >= 4 is 16.9 Å². The fourth-order valence-corrected chi connectivity index (χ4v) is 4.53. The Morgan fingerprint density at radius 2 is 2.03 bits per heavy atom. The lowest BCUT2D eigenvalue weighted by atomic mass is 9.89. The number of aromatic carboxylic acids is 1. The Labute approximate surface area is 183 Å². The predicted molar refractivity (Wildman–Crippen MR) is 122 cm³/mol. The first kappa shape index (κ1) is 21.4. The highest BCUT2D eigenvalue weighted by Crippen LogP contribution is 2.35. The van der Waals surface area contributed by atoms with Gasteiger partial charge < -0.3 is 14.4 Å². The maximum atomic E-state index is 11.3. The summed E-state index contributed by atoms with van der Waals surface area (Å²) in [4.78, 5) is 18.1. The lowest BCUT2D eigenvalue weighted by molar-refractivity contribution is 0.0691. The minimum atomic E-state index is -0.955. The number of hydrogen-bond donors (Lipinski definition) is 1. The SMILES string of the molecule is CCC(C)n1cc(C2CCN(CCOc3ccccc3C(=O)O)CC2)c2ccncc21. The van der Waals surface area contributed by atoms with Crippen LogP contribution < -0.4 is 4.74 Å². The van der Waals surface area contributed by atoms with Crippen LogP contribution in [0.1, 0.15) is 61.0 Å². The van der Waals surface area contributed by atoms with Gasteiger partial charge in [-0.3, -0.25) is 9.88 Å². The van der Waals surface area contributed by atoms with Crippen molar-refractivity contribution in [1.29, 1.82) is 0 Å². The van der Waals surface area contributed by atoms with Crippen molar-refractivity contribution in [3.63, 3.8) is 0 Å². The molecule has 164 valence electrons. The van der Waals surface area contributed by atoms with Crippen LogP contribution in [0, 0.1) is 0 Å². The zero-order valence-electron chi connectivity index (χ0n) is 18.3. The van der Waals surface area contributed by atoms with Crippen molar-refractivity contribution in [2.45, 2.75) is 45.1 Å². The Balaban J connectivity index is 1.36. The molecule has 1 N–H and O–H groups in total. The van der Waals surface area contributed by atoms with E-state index in [2.05, 4.69) is 40.6 Å². The van der Waals surface area contributed by atoms with Crippen molar-refractivity contribution in [3.05, 3.63) is 60.0 Å². The van der Waals surface area contributed by atoms with Crippen LogP contribution >= 0.6 is 0 Å². The highest BCUT2D eigenvalue weighted by molar-refractivity contribution is 5.90. The number of nitrogens with zero attached hydrogens (tertiary/aromatic N) is 3. The van der Waals surface area contributed by atoms with Crippen LogP contribution in [-0.4, -0.2) is 51.8 Å². The average Bonchev–Trinajstić information content (AvgIpc) is 3.19. The number of likely N-dealkylation sites (tertiary alicyclic amines) is 1. The lowest BCUT2D eigenvalue weighted by Crippen LogP contribution is -2.35. The molecule has 1 aliphatic heterocycles. The van der Waals surface area contributed by atoms with Gasteiger partial charge in [-0.1, -0.05) is 19.1 Å². The molecule has 1 fully saturated rings. The highest BCUT2D eigenvalue weighted by atomic mass is 16.5. The van der Waals surface area contributed by atoms with Crippen molar-refractivity contribution in [2.24, 2.45) is 0 Å². The normalized spacial score (nSPS) is 16.5. The molecule has 1 unspecified atom stereocenters. The first-order valence-corrected chi connectivity index (χ1v) is 11.2. The topological polar surface area (TPSA) is 67.6 Å². The van der Waals surface area contributed by atoms with E-state index in [-0.39, 0.29) is 5.56 Å². The molecular formula is C25H31N3O3. The molecule has 1 aromatic carbocycles. The molecule has 1 saturated heterocycles. The Hall–Kier alpha value is -2.86. The first-order chi connectivity index (χ1) is 15.1. The van der Waals surface area contributed by atoms with E-state index >= 15 is 0 Å².